The minimum atomic E-state index is -0.526. The van der Waals surface area contributed by atoms with Crippen LogP contribution < -0.4 is 9.47 Å². The van der Waals surface area contributed by atoms with Gasteiger partial charge in [0.15, 0.2) is 0 Å². The average Bonchev–Trinajstić information content (AvgIpc) is 3.05. The van der Waals surface area contributed by atoms with Gasteiger partial charge in [0.05, 0.1) is 12.7 Å². The number of ether oxygens (including phenoxy) is 2. The highest BCUT2D eigenvalue weighted by atomic mass is 16.5. The van der Waals surface area contributed by atoms with Crippen molar-refractivity contribution in [2.24, 2.45) is 5.41 Å². The molecule has 0 saturated heterocycles. The second-order valence-corrected chi connectivity index (χ2v) is 5.15. The summed E-state index contributed by atoms with van der Waals surface area (Å²) in [4.78, 5) is 0. The van der Waals surface area contributed by atoms with Gasteiger partial charge in [-0.25, -0.2) is 0 Å². The molecule has 1 N–H and O–H groups in total. The van der Waals surface area contributed by atoms with Crippen molar-refractivity contribution in [3.8, 4) is 17.6 Å². The molecule has 0 amide bonds. The number of aliphatic hydroxyl groups is 1. The fourth-order valence-electron chi connectivity index (χ4n) is 2.22. The third-order valence-electron chi connectivity index (χ3n) is 3.70. The van der Waals surface area contributed by atoms with E-state index in [2.05, 4.69) is 6.07 Å². The summed E-state index contributed by atoms with van der Waals surface area (Å²) < 4.78 is 11.1. The Morgan fingerprint density at radius 1 is 1.50 bits per heavy atom. The highest BCUT2D eigenvalue weighted by Crippen LogP contribution is 2.49. The molecule has 1 aliphatic heterocycles. The van der Waals surface area contributed by atoms with E-state index in [1.165, 1.54) is 0 Å². The third kappa shape index (κ3) is 2.02. The Morgan fingerprint density at radius 3 is 3.06 bits per heavy atom. The monoisotopic (exact) mass is 245 g/mol. The molecule has 3 rings (SSSR count). The normalized spacial score (nSPS) is 22.8. The molecule has 1 aromatic rings. The quantitative estimate of drug-likeness (QED) is 0.883. The van der Waals surface area contributed by atoms with E-state index in [4.69, 9.17) is 14.7 Å². The fourth-order valence-corrected chi connectivity index (χ4v) is 2.22. The van der Waals surface area contributed by atoms with E-state index in [-0.39, 0.29) is 5.41 Å². The van der Waals surface area contributed by atoms with Crippen LogP contribution in [0.4, 0.5) is 0 Å². The predicted molar refractivity (Wildman–Crippen MR) is 64.3 cm³/mol. The lowest BCUT2D eigenvalue weighted by atomic mass is 10.1. The van der Waals surface area contributed by atoms with Gasteiger partial charge in [-0.2, -0.15) is 5.26 Å². The van der Waals surface area contributed by atoms with Crippen LogP contribution in [0.5, 0.6) is 11.5 Å². The molecular weight excluding hydrogens is 230 g/mol. The Morgan fingerprint density at radius 2 is 2.33 bits per heavy atom. The number of nitriles is 1. The lowest BCUT2D eigenvalue weighted by Crippen LogP contribution is -2.12. The van der Waals surface area contributed by atoms with E-state index in [1.807, 2.05) is 18.2 Å². The maximum absolute atomic E-state index is 9.61. The largest absolute Gasteiger partial charge is 0.493 e. The lowest BCUT2D eigenvalue weighted by Gasteiger charge is -2.13. The van der Waals surface area contributed by atoms with Crippen molar-refractivity contribution in [2.75, 3.05) is 13.2 Å². The molecular formula is C14H15NO3. The first-order valence-corrected chi connectivity index (χ1v) is 6.17. The Labute approximate surface area is 106 Å². The van der Waals surface area contributed by atoms with Crippen LogP contribution in [0.2, 0.25) is 0 Å². The topological polar surface area (TPSA) is 62.5 Å². The molecule has 0 aromatic heterocycles. The van der Waals surface area contributed by atoms with Crippen molar-refractivity contribution in [1.82, 2.24) is 0 Å². The van der Waals surface area contributed by atoms with Crippen LogP contribution >= 0.6 is 0 Å². The SMILES string of the molecule is N#CCC1(COc2ccc3c(c2)OCC3O)CC1. The zero-order valence-electron chi connectivity index (χ0n) is 10.1. The van der Waals surface area contributed by atoms with Gasteiger partial charge in [0.25, 0.3) is 0 Å². The number of benzene rings is 1. The molecule has 4 heteroatoms. The highest BCUT2D eigenvalue weighted by Gasteiger charge is 2.43. The second-order valence-electron chi connectivity index (χ2n) is 5.15. The summed E-state index contributed by atoms with van der Waals surface area (Å²) in [6.45, 7) is 0.902. The fraction of sp³-hybridized carbons (Fsp3) is 0.500. The minimum Gasteiger partial charge on any atom is -0.493 e. The van der Waals surface area contributed by atoms with Gasteiger partial charge in [-0.1, -0.05) is 0 Å². The zero-order valence-corrected chi connectivity index (χ0v) is 10.1. The summed E-state index contributed by atoms with van der Waals surface area (Å²) in [5.41, 5.74) is 0.897. The molecule has 94 valence electrons. The summed E-state index contributed by atoms with van der Waals surface area (Å²) >= 11 is 0. The molecule has 0 radical (unpaired) electrons. The van der Waals surface area contributed by atoms with E-state index < -0.39 is 6.10 Å². The van der Waals surface area contributed by atoms with Crippen molar-refractivity contribution in [1.29, 1.82) is 5.26 Å². The summed E-state index contributed by atoms with van der Waals surface area (Å²) in [6, 6.07) is 7.72. The molecule has 1 heterocycles. The first-order valence-electron chi connectivity index (χ1n) is 6.17. The van der Waals surface area contributed by atoms with Crippen LogP contribution in [0.25, 0.3) is 0 Å². The summed E-state index contributed by atoms with van der Waals surface area (Å²) in [6.07, 6.45) is 2.18. The molecule has 0 bridgehead atoms. The molecule has 1 atom stereocenters. The summed E-state index contributed by atoms with van der Waals surface area (Å²) in [5, 5.41) is 18.4. The maximum atomic E-state index is 9.61. The molecule has 1 saturated carbocycles. The molecule has 1 aromatic carbocycles. The average molecular weight is 245 g/mol. The van der Waals surface area contributed by atoms with Gasteiger partial charge in [0, 0.05) is 23.5 Å². The second kappa shape index (κ2) is 4.18. The summed E-state index contributed by atoms with van der Waals surface area (Å²) in [5.74, 6) is 1.44. The van der Waals surface area contributed by atoms with Crippen LogP contribution in [0.3, 0.4) is 0 Å². The van der Waals surface area contributed by atoms with Crippen molar-refractivity contribution in [2.45, 2.75) is 25.4 Å². The van der Waals surface area contributed by atoms with E-state index >= 15 is 0 Å². The standard InChI is InChI=1S/C14H15NO3/c15-6-5-14(3-4-14)9-18-10-1-2-11-12(16)8-17-13(11)7-10/h1-2,7,12,16H,3-5,8-9H2. The van der Waals surface area contributed by atoms with Gasteiger partial charge >= 0.3 is 0 Å². The van der Waals surface area contributed by atoms with Crippen molar-refractivity contribution in [3.05, 3.63) is 23.8 Å². The molecule has 4 nitrogen and oxygen atoms in total. The number of aliphatic hydroxyl groups excluding tert-OH is 1. The smallest absolute Gasteiger partial charge is 0.129 e. The Bertz CT molecular complexity index is 502. The number of fused-ring (bicyclic) bond motifs is 1. The van der Waals surface area contributed by atoms with Crippen LogP contribution in [0, 0.1) is 16.7 Å². The number of hydrogen-bond acceptors (Lipinski definition) is 4. The van der Waals surface area contributed by atoms with Crippen LogP contribution in [-0.2, 0) is 0 Å². The van der Waals surface area contributed by atoms with E-state index in [9.17, 15) is 5.11 Å². The molecule has 0 spiro atoms. The van der Waals surface area contributed by atoms with Crippen LogP contribution in [0.15, 0.2) is 18.2 Å². The minimum absolute atomic E-state index is 0.0775. The number of nitrogens with zero attached hydrogens (tertiary/aromatic N) is 1. The van der Waals surface area contributed by atoms with Gasteiger partial charge < -0.3 is 14.6 Å². The van der Waals surface area contributed by atoms with Gasteiger partial charge in [-0.05, 0) is 25.0 Å². The number of rotatable bonds is 4. The van der Waals surface area contributed by atoms with Gasteiger partial charge in [-0.15, -0.1) is 0 Å². The molecule has 2 aliphatic rings. The first kappa shape index (κ1) is 11.4. The molecule has 1 fully saturated rings. The predicted octanol–water partition coefficient (Wildman–Crippen LogP) is 2.19. The lowest BCUT2D eigenvalue weighted by molar-refractivity contribution is 0.140. The van der Waals surface area contributed by atoms with Crippen LogP contribution in [0.1, 0.15) is 30.9 Å². The van der Waals surface area contributed by atoms with E-state index in [1.54, 1.807) is 0 Å². The van der Waals surface area contributed by atoms with Crippen molar-refractivity contribution >= 4 is 0 Å². The Balaban J connectivity index is 1.66. The Kier molecular flexibility index (Phi) is 2.64. The van der Waals surface area contributed by atoms with E-state index in [0.717, 1.165) is 24.2 Å². The highest BCUT2D eigenvalue weighted by molar-refractivity contribution is 5.44. The van der Waals surface area contributed by atoms with Gasteiger partial charge in [0.1, 0.15) is 24.2 Å². The number of hydrogen-bond donors (Lipinski definition) is 1. The van der Waals surface area contributed by atoms with Crippen molar-refractivity contribution in [3.63, 3.8) is 0 Å². The third-order valence-corrected chi connectivity index (χ3v) is 3.70. The summed E-state index contributed by atoms with van der Waals surface area (Å²) in [7, 11) is 0. The molecule has 1 unspecified atom stereocenters. The first-order chi connectivity index (χ1) is 8.72. The zero-order chi connectivity index (χ0) is 12.6. The molecule has 18 heavy (non-hydrogen) atoms. The molecule has 1 aliphatic carbocycles. The van der Waals surface area contributed by atoms with Crippen molar-refractivity contribution < 1.29 is 14.6 Å². The maximum Gasteiger partial charge on any atom is 0.129 e. The Hall–Kier alpha value is -1.73. The van der Waals surface area contributed by atoms with Gasteiger partial charge in [-0.3, -0.25) is 0 Å². The van der Waals surface area contributed by atoms with Crippen LogP contribution in [-0.4, -0.2) is 18.3 Å². The van der Waals surface area contributed by atoms with E-state index in [0.29, 0.717) is 25.4 Å². The van der Waals surface area contributed by atoms with Gasteiger partial charge in [0.2, 0.25) is 0 Å².